The van der Waals surface area contributed by atoms with Crippen LogP contribution in [0.15, 0.2) is 73.1 Å². The van der Waals surface area contributed by atoms with E-state index in [1.165, 1.54) is 0 Å². The number of nitrogens with one attached hydrogen (secondary N) is 1. The molecule has 8 nitrogen and oxygen atoms in total. The number of rotatable bonds is 10. The van der Waals surface area contributed by atoms with Gasteiger partial charge in [-0.25, -0.2) is 0 Å². The molecule has 34 heavy (non-hydrogen) atoms. The minimum atomic E-state index is -0.239. The summed E-state index contributed by atoms with van der Waals surface area (Å²) < 4.78 is 13.2. The molecule has 2 heterocycles. The number of anilines is 1. The fraction of sp³-hybridized carbons (Fsp3) is 0.346. The average molecular weight is 463 g/mol. The van der Waals surface area contributed by atoms with Gasteiger partial charge in [0.05, 0.1) is 25.5 Å². The van der Waals surface area contributed by atoms with E-state index in [0.717, 1.165) is 18.6 Å². The lowest BCUT2D eigenvalue weighted by Gasteiger charge is -2.32. The molecule has 3 aromatic rings. The summed E-state index contributed by atoms with van der Waals surface area (Å²) in [5.74, 6) is 1.13. The molecule has 0 bridgehead atoms. The fourth-order valence-electron chi connectivity index (χ4n) is 3.95. The van der Waals surface area contributed by atoms with Crippen LogP contribution in [0.25, 0.3) is 0 Å². The van der Waals surface area contributed by atoms with Crippen molar-refractivity contribution in [1.82, 2.24) is 14.7 Å². The number of piperidine rings is 1. The molecule has 1 fully saturated rings. The molecule has 0 aliphatic carbocycles. The van der Waals surface area contributed by atoms with Crippen molar-refractivity contribution >= 4 is 17.5 Å². The predicted octanol–water partition coefficient (Wildman–Crippen LogP) is 3.61. The molecule has 4 rings (SSSR count). The van der Waals surface area contributed by atoms with Gasteiger partial charge in [0.1, 0.15) is 18.1 Å². The first kappa shape index (κ1) is 23.4. The zero-order chi connectivity index (χ0) is 23.6. The van der Waals surface area contributed by atoms with E-state index in [1.54, 1.807) is 15.8 Å². The zero-order valence-electron chi connectivity index (χ0n) is 19.1. The Bertz CT molecular complexity index is 1060. The number of benzene rings is 2. The summed E-state index contributed by atoms with van der Waals surface area (Å²) in [5, 5.41) is 7.13. The lowest BCUT2D eigenvalue weighted by Crippen LogP contribution is -2.44. The molecule has 8 heteroatoms. The van der Waals surface area contributed by atoms with Crippen LogP contribution >= 0.6 is 0 Å². The molecule has 2 amide bonds. The SMILES string of the molecule is O=C(Nc1cccc(OCCn2cccn2)c1)C1CCCN(C(=O)CCOc2ccccc2)C1. The highest BCUT2D eigenvalue weighted by Crippen LogP contribution is 2.22. The first-order chi connectivity index (χ1) is 16.7. The highest BCUT2D eigenvalue weighted by molar-refractivity contribution is 5.93. The Labute approximate surface area is 199 Å². The first-order valence-electron chi connectivity index (χ1n) is 11.6. The molecule has 0 spiro atoms. The standard InChI is InChI=1S/C26H30N4O4/c31-25(12-17-33-23-9-2-1-3-10-23)29-14-5-7-21(20-29)26(32)28-22-8-4-11-24(19-22)34-18-16-30-15-6-13-27-30/h1-4,6,8-11,13,15,19,21H,5,7,12,14,16-18,20H2,(H,28,32). The highest BCUT2D eigenvalue weighted by Gasteiger charge is 2.28. The lowest BCUT2D eigenvalue weighted by atomic mass is 9.96. The van der Waals surface area contributed by atoms with Crippen molar-refractivity contribution in [2.75, 3.05) is 31.6 Å². The molecular formula is C26H30N4O4. The molecule has 1 aromatic heterocycles. The van der Waals surface area contributed by atoms with Gasteiger partial charge in [0, 0.05) is 37.2 Å². The van der Waals surface area contributed by atoms with E-state index in [9.17, 15) is 9.59 Å². The third-order valence-electron chi connectivity index (χ3n) is 5.72. The Hall–Kier alpha value is -3.81. The smallest absolute Gasteiger partial charge is 0.229 e. The third kappa shape index (κ3) is 6.84. The van der Waals surface area contributed by atoms with Crippen LogP contribution in [0.5, 0.6) is 11.5 Å². The molecule has 2 aromatic carbocycles. The summed E-state index contributed by atoms with van der Waals surface area (Å²) in [6, 6.07) is 18.7. The van der Waals surface area contributed by atoms with E-state index >= 15 is 0 Å². The van der Waals surface area contributed by atoms with E-state index in [4.69, 9.17) is 9.47 Å². The van der Waals surface area contributed by atoms with Gasteiger partial charge in [-0.2, -0.15) is 5.10 Å². The Morgan fingerprint density at radius 3 is 2.65 bits per heavy atom. The van der Waals surface area contributed by atoms with Gasteiger partial charge in [-0.1, -0.05) is 24.3 Å². The van der Waals surface area contributed by atoms with Crippen LogP contribution in [0.4, 0.5) is 5.69 Å². The summed E-state index contributed by atoms with van der Waals surface area (Å²) in [6.45, 7) is 2.55. The Kier molecular flexibility index (Phi) is 8.16. The number of amides is 2. The van der Waals surface area contributed by atoms with E-state index in [-0.39, 0.29) is 17.7 Å². The second-order valence-corrected chi connectivity index (χ2v) is 8.23. The van der Waals surface area contributed by atoms with Gasteiger partial charge in [-0.05, 0) is 43.2 Å². The minimum Gasteiger partial charge on any atom is -0.493 e. The van der Waals surface area contributed by atoms with Crippen LogP contribution in [0, 0.1) is 5.92 Å². The van der Waals surface area contributed by atoms with E-state index < -0.39 is 0 Å². The highest BCUT2D eigenvalue weighted by atomic mass is 16.5. The zero-order valence-corrected chi connectivity index (χ0v) is 19.1. The van der Waals surface area contributed by atoms with Crippen LogP contribution in [0.3, 0.4) is 0 Å². The molecule has 1 unspecified atom stereocenters. The maximum atomic E-state index is 12.9. The number of nitrogens with zero attached hydrogens (tertiary/aromatic N) is 3. The number of ether oxygens (including phenoxy) is 2. The van der Waals surface area contributed by atoms with Gasteiger partial charge < -0.3 is 19.7 Å². The summed E-state index contributed by atoms with van der Waals surface area (Å²) in [6.07, 6.45) is 5.47. The van der Waals surface area contributed by atoms with E-state index in [2.05, 4.69) is 10.4 Å². The Morgan fingerprint density at radius 1 is 1.00 bits per heavy atom. The second kappa shape index (κ2) is 11.9. The summed E-state index contributed by atoms with van der Waals surface area (Å²) in [7, 11) is 0. The molecule has 1 aliphatic heterocycles. The number of hydrogen-bond acceptors (Lipinski definition) is 5. The number of carbonyl (C=O) groups excluding carboxylic acids is 2. The third-order valence-corrected chi connectivity index (χ3v) is 5.72. The van der Waals surface area contributed by atoms with Gasteiger partial charge in [0.25, 0.3) is 0 Å². The molecule has 1 saturated heterocycles. The normalized spacial score (nSPS) is 15.5. The largest absolute Gasteiger partial charge is 0.493 e. The number of carbonyl (C=O) groups is 2. The molecule has 1 N–H and O–H groups in total. The molecule has 1 atom stereocenters. The Morgan fingerprint density at radius 2 is 1.82 bits per heavy atom. The fourth-order valence-corrected chi connectivity index (χ4v) is 3.95. The molecule has 0 radical (unpaired) electrons. The van der Waals surface area contributed by atoms with Crippen LogP contribution in [0.2, 0.25) is 0 Å². The van der Waals surface area contributed by atoms with E-state index in [0.29, 0.717) is 50.7 Å². The van der Waals surface area contributed by atoms with Crippen molar-refractivity contribution in [3.63, 3.8) is 0 Å². The topological polar surface area (TPSA) is 85.7 Å². The summed E-state index contributed by atoms with van der Waals surface area (Å²) in [5.41, 5.74) is 0.682. The molecule has 178 valence electrons. The van der Waals surface area contributed by atoms with Crippen molar-refractivity contribution < 1.29 is 19.1 Å². The average Bonchev–Trinajstić information content (AvgIpc) is 3.38. The molecule has 1 aliphatic rings. The van der Waals surface area contributed by atoms with Crippen molar-refractivity contribution in [3.05, 3.63) is 73.1 Å². The van der Waals surface area contributed by atoms with Gasteiger partial charge in [0.2, 0.25) is 11.8 Å². The van der Waals surface area contributed by atoms with E-state index in [1.807, 2.05) is 66.9 Å². The molecular weight excluding hydrogens is 432 g/mol. The van der Waals surface area contributed by atoms with Gasteiger partial charge >= 0.3 is 0 Å². The van der Waals surface area contributed by atoms with Gasteiger partial charge in [-0.3, -0.25) is 14.3 Å². The monoisotopic (exact) mass is 462 g/mol. The Balaban J connectivity index is 1.23. The number of para-hydroxylation sites is 1. The van der Waals surface area contributed by atoms with Crippen molar-refractivity contribution in [2.24, 2.45) is 5.92 Å². The second-order valence-electron chi connectivity index (χ2n) is 8.23. The summed E-state index contributed by atoms with van der Waals surface area (Å²) >= 11 is 0. The van der Waals surface area contributed by atoms with Gasteiger partial charge in [0.15, 0.2) is 0 Å². The maximum Gasteiger partial charge on any atom is 0.229 e. The van der Waals surface area contributed by atoms with Crippen molar-refractivity contribution in [3.8, 4) is 11.5 Å². The van der Waals surface area contributed by atoms with Crippen LogP contribution < -0.4 is 14.8 Å². The van der Waals surface area contributed by atoms with Gasteiger partial charge in [-0.15, -0.1) is 0 Å². The van der Waals surface area contributed by atoms with Crippen molar-refractivity contribution in [2.45, 2.75) is 25.8 Å². The quantitative estimate of drug-likeness (QED) is 0.498. The van der Waals surface area contributed by atoms with Crippen LogP contribution in [-0.2, 0) is 16.1 Å². The van der Waals surface area contributed by atoms with Crippen molar-refractivity contribution in [1.29, 1.82) is 0 Å². The maximum absolute atomic E-state index is 12.9. The number of aromatic nitrogens is 2. The molecule has 0 saturated carbocycles. The minimum absolute atomic E-state index is 0.0148. The predicted molar refractivity (Wildman–Crippen MR) is 129 cm³/mol. The van der Waals surface area contributed by atoms with Crippen LogP contribution in [-0.4, -0.2) is 52.8 Å². The lowest BCUT2D eigenvalue weighted by molar-refractivity contribution is -0.135. The summed E-state index contributed by atoms with van der Waals surface area (Å²) in [4.78, 5) is 27.3. The number of likely N-dealkylation sites (tertiary alicyclic amines) is 1. The van der Waals surface area contributed by atoms with Crippen LogP contribution in [0.1, 0.15) is 19.3 Å². The number of hydrogen-bond donors (Lipinski definition) is 1. The first-order valence-corrected chi connectivity index (χ1v) is 11.6.